The number of nitrogens with one attached hydrogen (secondary N) is 2. The lowest BCUT2D eigenvalue weighted by Crippen LogP contribution is -2.57. The van der Waals surface area contributed by atoms with Crippen molar-refractivity contribution in [3.63, 3.8) is 0 Å². The van der Waals surface area contributed by atoms with E-state index in [1.165, 1.54) is 43.5 Å². The second-order valence-electron chi connectivity index (χ2n) is 7.64. The molecule has 7 heteroatoms. The van der Waals surface area contributed by atoms with Crippen molar-refractivity contribution in [1.82, 2.24) is 10.2 Å². The lowest BCUT2D eigenvalue weighted by molar-refractivity contribution is 0.0622. The van der Waals surface area contributed by atoms with Crippen molar-refractivity contribution in [1.29, 1.82) is 0 Å². The molecular formula is C21H23N3O3S. The molecule has 6 nitrogen and oxygen atoms in total. The standard InChI is InChI=1S/C21H23N3O3S/c25-20(17-2-1-9-27-17)22-15-3-4-18-14(10-15)11-19(28-18)21(26)23-16-12-24-7-5-13(16)6-8-24/h1-4,9-11,13,16,20,22,25H,5-8,12H2,(H,23,26)/t16-,20?/m0/s1. The third kappa shape index (κ3) is 3.41. The van der Waals surface area contributed by atoms with Crippen LogP contribution in [0.5, 0.6) is 0 Å². The lowest BCUT2D eigenvalue weighted by Gasteiger charge is -2.44. The molecule has 3 aliphatic rings. The second-order valence-corrected chi connectivity index (χ2v) is 8.73. The minimum Gasteiger partial charge on any atom is -0.465 e. The van der Waals surface area contributed by atoms with Gasteiger partial charge in [-0.1, -0.05) is 0 Å². The van der Waals surface area contributed by atoms with Gasteiger partial charge in [-0.25, -0.2) is 0 Å². The number of nitrogens with zero attached hydrogens (tertiary/aromatic N) is 1. The van der Waals surface area contributed by atoms with Gasteiger partial charge in [-0.05, 0) is 73.6 Å². The predicted octanol–water partition coefficient (Wildman–Crippen LogP) is 3.42. The van der Waals surface area contributed by atoms with Gasteiger partial charge in [0.25, 0.3) is 5.91 Å². The topological polar surface area (TPSA) is 77.7 Å². The summed E-state index contributed by atoms with van der Waals surface area (Å²) in [6.45, 7) is 3.30. The number of benzene rings is 1. The maximum absolute atomic E-state index is 12.8. The minimum absolute atomic E-state index is 0.0186. The van der Waals surface area contributed by atoms with E-state index in [4.69, 9.17) is 4.42 Å². The van der Waals surface area contributed by atoms with Gasteiger partial charge in [-0.2, -0.15) is 0 Å². The minimum atomic E-state index is -0.912. The Kier molecular flexibility index (Phi) is 4.58. The summed E-state index contributed by atoms with van der Waals surface area (Å²) in [5.41, 5.74) is 0.776. The van der Waals surface area contributed by atoms with Gasteiger partial charge in [-0.15, -0.1) is 11.3 Å². The average molecular weight is 398 g/mol. The SMILES string of the molecule is O=C(N[C@H]1CN2CCC1CC2)c1cc2cc(NC(O)c3ccco3)ccc2s1. The monoisotopic (exact) mass is 397 g/mol. The fourth-order valence-corrected chi connectivity index (χ4v) is 5.24. The van der Waals surface area contributed by atoms with E-state index < -0.39 is 6.23 Å². The van der Waals surface area contributed by atoms with Gasteiger partial charge in [0, 0.05) is 23.0 Å². The van der Waals surface area contributed by atoms with Crippen molar-refractivity contribution >= 4 is 33.0 Å². The number of furan rings is 1. The molecule has 28 heavy (non-hydrogen) atoms. The quantitative estimate of drug-likeness (QED) is 0.575. The zero-order chi connectivity index (χ0) is 19.1. The van der Waals surface area contributed by atoms with Crippen molar-refractivity contribution in [2.24, 2.45) is 5.92 Å². The zero-order valence-electron chi connectivity index (χ0n) is 15.4. The summed E-state index contributed by atoms with van der Waals surface area (Å²) in [5, 5.41) is 17.5. The molecule has 1 unspecified atom stereocenters. The number of hydrogen-bond donors (Lipinski definition) is 3. The van der Waals surface area contributed by atoms with E-state index in [1.54, 1.807) is 12.1 Å². The summed E-state index contributed by atoms with van der Waals surface area (Å²) in [6.07, 6.45) is 2.99. The third-order valence-corrected chi connectivity index (χ3v) is 6.94. The van der Waals surface area contributed by atoms with Crippen LogP contribution < -0.4 is 10.6 Å². The fraction of sp³-hybridized carbons (Fsp3) is 0.381. The molecule has 1 amide bonds. The number of rotatable bonds is 5. The molecule has 2 bridgehead atoms. The molecule has 3 aromatic rings. The smallest absolute Gasteiger partial charge is 0.261 e. The summed E-state index contributed by atoms with van der Waals surface area (Å²) in [5.74, 6) is 1.09. The summed E-state index contributed by atoms with van der Waals surface area (Å²) < 4.78 is 6.27. The molecular weight excluding hydrogens is 374 g/mol. The molecule has 0 saturated carbocycles. The van der Waals surface area contributed by atoms with Gasteiger partial charge in [0.2, 0.25) is 0 Å². The van der Waals surface area contributed by atoms with Crippen LogP contribution in [0.25, 0.3) is 10.1 Å². The van der Waals surface area contributed by atoms with Crippen LogP contribution in [0, 0.1) is 5.92 Å². The van der Waals surface area contributed by atoms with Crippen LogP contribution in [0.4, 0.5) is 5.69 Å². The highest BCUT2D eigenvalue weighted by atomic mass is 32.1. The largest absolute Gasteiger partial charge is 0.465 e. The maximum atomic E-state index is 12.8. The average Bonchev–Trinajstić information content (AvgIpc) is 3.38. The van der Waals surface area contributed by atoms with Gasteiger partial charge in [0.05, 0.1) is 11.1 Å². The van der Waals surface area contributed by atoms with E-state index in [2.05, 4.69) is 15.5 Å². The lowest BCUT2D eigenvalue weighted by atomic mass is 9.84. The molecule has 1 aromatic carbocycles. The van der Waals surface area contributed by atoms with Gasteiger partial charge >= 0.3 is 0 Å². The predicted molar refractivity (Wildman–Crippen MR) is 110 cm³/mol. The van der Waals surface area contributed by atoms with Crippen molar-refractivity contribution < 1.29 is 14.3 Å². The number of thiophene rings is 1. The Morgan fingerprint density at radius 2 is 2.11 bits per heavy atom. The van der Waals surface area contributed by atoms with Crippen LogP contribution in [0.3, 0.4) is 0 Å². The van der Waals surface area contributed by atoms with E-state index >= 15 is 0 Å². The van der Waals surface area contributed by atoms with E-state index in [-0.39, 0.29) is 11.9 Å². The molecule has 0 radical (unpaired) electrons. The summed E-state index contributed by atoms with van der Waals surface area (Å²) in [7, 11) is 0. The summed E-state index contributed by atoms with van der Waals surface area (Å²) in [4.78, 5) is 16.0. The van der Waals surface area contributed by atoms with Crippen LogP contribution in [0.15, 0.2) is 47.1 Å². The van der Waals surface area contributed by atoms with Crippen molar-refractivity contribution in [3.05, 3.63) is 53.3 Å². The first-order valence-corrected chi connectivity index (χ1v) is 10.5. The molecule has 2 atom stereocenters. The van der Waals surface area contributed by atoms with Gasteiger partial charge in [0.1, 0.15) is 0 Å². The van der Waals surface area contributed by atoms with Crippen LogP contribution >= 0.6 is 11.3 Å². The molecule has 6 rings (SSSR count). The van der Waals surface area contributed by atoms with Crippen molar-refractivity contribution in [2.45, 2.75) is 25.1 Å². The number of hydrogen-bond acceptors (Lipinski definition) is 6. The van der Waals surface area contributed by atoms with E-state index in [1.807, 2.05) is 24.3 Å². The number of fused-ring (bicyclic) bond motifs is 4. The number of piperidine rings is 3. The summed E-state index contributed by atoms with van der Waals surface area (Å²) in [6, 6.07) is 11.5. The van der Waals surface area contributed by atoms with Gasteiger partial charge in [0.15, 0.2) is 12.0 Å². The Morgan fingerprint density at radius 3 is 2.82 bits per heavy atom. The van der Waals surface area contributed by atoms with E-state index in [9.17, 15) is 9.90 Å². The first-order chi connectivity index (χ1) is 13.7. The zero-order valence-corrected chi connectivity index (χ0v) is 16.2. The normalized spacial score (nSPS) is 25.0. The van der Waals surface area contributed by atoms with E-state index in [0.29, 0.717) is 11.7 Å². The van der Waals surface area contributed by atoms with Crippen LogP contribution in [-0.4, -0.2) is 41.6 Å². The van der Waals surface area contributed by atoms with E-state index in [0.717, 1.165) is 27.2 Å². The molecule has 3 aliphatic heterocycles. The number of anilines is 1. The molecule has 3 N–H and O–H groups in total. The van der Waals surface area contributed by atoms with Crippen LogP contribution in [0.1, 0.15) is 34.5 Å². The Morgan fingerprint density at radius 1 is 1.25 bits per heavy atom. The number of aliphatic hydroxyl groups is 1. The highest BCUT2D eigenvalue weighted by molar-refractivity contribution is 7.20. The molecule has 146 valence electrons. The third-order valence-electron chi connectivity index (χ3n) is 5.83. The molecule has 3 saturated heterocycles. The fourth-order valence-electron chi connectivity index (χ4n) is 4.29. The highest BCUT2D eigenvalue weighted by Gasteiger charge is 2.35. The Labute approximate surface area is 167 Å². The summed E-state index contributed by atoms with van der Waals surface area (Å²) >= 11 is 1.50. The van der Waals surface area contributed by atoms with Gasteiger partial charge in [-0.3, -0.25) is 4.79 Å². The Balaban J connectivity index is 1.30. The Bertz CT molecular complexity index is 976. The number of aliphatic hydroxyl groups excluding tert-OH is 1. The van der Waals surface area contributed by atoms with Crippen LogP contribution in [0.2, 0.25) is 0 Å². The number of amides is 1. The molecule has 2 aromatic heterocycles. The molecule has 3 fully saturated rings. The molecule has 5 heterocycles. The highest BCUT2D eigenvalue weighted by Crippen LogP contribution is 2.31. The number of carbonyl (C=O) groups excluding carboxylic acids is 1. The van der Waals surface area contributed by atoms with Gasteiger partial charge < -0.3 is 25.1 Å². The van der Waals surface area contributed by atoms with Crippen molar-refractivity contribution in [2.75, 3.05) is 25.0 Å². The second kappa shape index (κ2) is 7.24. The molecule has 0 aliphatic carbocycles. The first-order valence-electron chi connectivity index (χ1n) is 9.70. The number of carbonyl (C=O) groups is 1. The van der Waals surface area contributed by atoms with Crippen molar-refractivity contribution in [3.8, 4) is 0 Å². The first kappa shape index (κ1) is 17.7. The molecule has 0 spiro atoms. The maximum Gasteiger partial charge on any atom is 0.261 e. The van der Waals surface area contributed by atoms with Crippen LogP contribution in [-0.2, 0) is 0 Å². The Hall–Kier alpha value is -2.35.